The third-order valence-corrected chi connectivity index (χ3v) is 3.22. The highest BCUT2D eigenvalue weighted by atomic mass is 16.2. The molecule has 0 saturated heterocycles. The van der Waals surface area contributed by atoms with E-state index in [1.165, 1.54) is 0 Å². The monoisotopic (exact) mass is 270 g/mol. The lowest BCUT2D eigenvalue weighted by Gasteiger charge is -2.12. The maximum absolute atomic E-state index is 12.2. The van der Waals surface area contributed by atoms with Gasteiger partial charge in [-0.3, -0.25) is 4.79 Å². The predicted octanol–water partition coefficient (Wildman–Crippen LogP) is 2.24. The highest BCUT2D eigenvalue weighted by Crippen LogP contribution is 2.10. The molecule has 1 amide bonds. The molecule has 2 aromatic rings. The minimum Gasteiger partial charge on any atom is -0.377 e. The molecule has 0 aliphatic rings. The number of amides is 1. The quantitative estimate of drug-likeness (QED) is 0.865. The van der Waals surface area contributed by atoms with Crippen molar-refractivity contribution in [1.82, 2.24) is 0 Å². The molecule has 4 nitrogen and oxygen atoms in total. The maximum atomic E-state index is 12.2. The lowest BCUT2D eigenvalue weighted by Crippen LogP contribution is -2.44. The molecule has 1 atom stereocenters. The predicted molar refractivity (Wildman–Crippen MR) is 80.7 cm³/mol. The molecule has 0 radical (unpaired) electrons. The molecule has 104 valence electrons. The molecule has 1 N–H and O–H groups in total. The van der Waals surface area contributed by atoms with Crippen molar-refractivity contribution < 1.29 is 9.36 Å². The van der Waals surface area contributed by atoms with Gasteiger partial charge in [0.05, 0.1) is 0 Å². The fourth-order valence-electron chi connectivity index (χ4n) is 1.89. The minimum atomic E-state index is -0.258. The van der Waals surface area contributed by atoms with Gasteiger partial charge in [-0.25, -0.2) is 0 Å². The van der Waals surface area contributed by atoms with Crippen molar-refractivity contribution in [3.63, 3.8) is 0 Å². The summed E-state index contributed by atoms with van der Waals surface area (Å²) in [5.41, 5.74) is 1.92. The van der Waals surface area contributed by atoms with Crippen LogP contribution < -0.4 is 14.8 Å². The van der Waals surface area contributed by atoms with Crippen LogP contribution in [0.1, 0.15) is 13.0 Å². The average molecular weight is 270 g/mol. The molecule has 0 spiro atoms. The van der Waals surface area contributed by atoms with Gasteiger partial charge in [0.2, 0.25) is 6.04 Å². The zero-order valence-corrected chi connectivity index (χ0v) is 12.1. The second-order valence-corrected chi connectivity index (χ2v) is 4.93. The van der Waals surface area contributed by atoms with Crippen LogP contribution in [0.2, 0.25) is 0 Å². The van der Waals surface area contributed by atoms with Crippen molar-refractivity contribution in [2.45, 2.75) is 13.0 Å². The Hall–Kier alpha value is -2.36. The van der Waals surface area contributed by atoms with E-state index >= 15 is 0 Å². The average Bonchev–Trinajstić information content (AvgIpc) is 2.47. The number of carbonyl (C=O) groups is 1. The van der Waals surface area contributed by atoms with E-state index in [1.54, 1.807) is 0 Å². The minimum absolute atomic E-state index is 0.0289. The topological polar surface area (TPSA) is 36.2 Å². The summed E-state index contributed by atoms with van der Waals surface area (Å²) in [6.07, 6.45) is 3.84. The number of anilines is 2. The van der Waals surface area contributed by atoms with Gasteiger partial charge in [0, 0.05) is 44.5 Å². The molecule has 0 aliphatic heterocycles. The smallest absolute Gasteiger partial charge is 0.293 e. The van der Waals surface area contributed by atoms with E-state index in [0.717, 1.165) is 11.4 Å². The fourth-order valence-corrected chi connectivity index (χ4v) is 1.89. The molecule has 0 saturated carbocycles. The molecular weight excluding hydrogens is 250 g/mol. The molecule has 0 bridgehead atoms. The second kappa shape index (κ2) is 6.19. The van der Waals surface area contributed by atoms with Gasteiger partial charge in [-0.1, -0.05) is 18.2 Å². The molecule has 2 rings (SSSR count). The standard InChI is InChI=1S/C16H19N3O/c1-13(16(20)17-14-7-5-4-6-8-14)19-11-9-15(10-12-19)18(2)3/h4-13H,1-3H3/p+1/t13-/m1/s1. The first kappa shape index (κ1) is 14.1. The third kappa shape index (κ3) is 3.35. The Labute approximate surface area is 119 Å². The van der Waals surface area contributed by atoms with E-state index in [1.807, 2.05) is 85.3 Å². The highest BCUT2D eigenvalue weighted by molar-refractivity contribution is 5.92. The van der Waals surface area contributed by atoms with Gasteiger partial charge in [-0.05, 0) is 12.1 Å². The highest BCUT2D eigenvalue weighted by Gasteiger charge is 2.21. The summed E-state index contributed by atoms with van der Waals surface area (Å²) in [7, 11) is 3.98. The summed E-state index contributed by atoms with van der Waals surface area (Å²) in [4.78, 5) is 14.2. The number of nitrogens with one attached hydrogen (secondary N) is 1. The van der Waals surface area contributed by atoms with Crippen LogP contribution in [0.5, 0.6) is 0 Å². The van der Waals surface area contributed by atoms with Gasteiger partial charge < -0.3 is 10.2 Å². The van der Waals surface area contributed by atoms with Crippen LogP contribution >= 0.6 is 0 Å². The summed E-state index contributed by atoms with van der Waals surface area (Å²) in [6.45, 7) is 1.88. The van der Waals surface area contributed by atoms with E-state index in [9.17, 15) is 4.79 Å². The fraction of sp³-hybridized carbons (Fsp3) is 0.250. The molecule has 1 heterocycles. The number of rotatable bonds is 4. The number of pyridine rings is 1. The molecule has 0 fully saturated rings. The Morgan fingerprint density at radius 1 is 1.10 bits per heavy atom. The van der Waals surface area contributed by atoms with Crippen molar-refractivity contribution in [1.29, 1.82) is 0 Å². The number of aromatic nitrogens is 1. The van der Waals surface area contributed by atoms with Crippen LogP contribution in [-0.4, -0.2) is 20.0 Å². The van der Waals surface area contributed by atoms with Crippen molar-refractivity contribution in [2.24, 2.45) is 0 Å². The van der Waals surface area contributed by atoms with Gasteiger partial charge in [-0.15, -0.1) is 0 Å². The Balaban J connectivity index is 2.06. The van der Waals surface area contributed by atoms with Crippen molar-refractivity contribution in [3.05, 3.63) is 54.9 Å². The Kier molecular flexibility index (Phi) is 4.35. The Bertz CT molecular complexity index is 564. The zero-order chi connectivity index (χ0) is 14.5. The number of hydrogen-bond acceptors (Lipinski definition) is 2. The third-order valence-electron chi connectivity index (χ3n) is 3.22. The largest absolute Gasteiger partial charge is 0.377 e. The summed E-state index contributed by atoms with van der Waals surface area (Å²) in [5.74, 6) is -0.0289. The summed E-state index contributed by atoms with van der Waals surface area (Å²) in [5, 5.41) is 2.91. The zero-order valence-electron chi connectivity index (χ0n) is 12.1. The van der Waals surface area contributed by atoms with Crippen LogP contribution in [0.15, 0.2) is 54.9 Å². The summed E-state index contributed by atoms with van der Waals surface area (Å²) < 4.78 is 1.89. The van der Waals surface area contributed by atoms with Crippen LogP contribution in [0, 0.1) is 0 Å². The van der Waals surface area contributed by atoms with Crippen LogP contribution in [-0.2, 0) is 4.79 Å². The number of hydrogen-bond donors (Lipinski definition) is 1. The number of benzene rings is 1. The SMILES string of the molecule is C[C@H](C(=O)Nc1ccccc1)[n+]1ccc(N(C)C)cc1. The normalized spacial score (nSPS) is 11.8. The maximum Gasteiger partial charge on any atom is 0.293 e. The van der Waals surface area contributed by atoms with Crippen molar-refractivity contribution >= 4 is 17.3 Å². The first-order chi connectivity index (χ1) is 9.58. The van der Waals surface area contributed by atoms with E-state index in [4.69, 9.17) is 0 Å². The first-order valence-corrected chi connectivity index (χ1v) is 6.62. The molecular formula is C16H20N3O+. The van der Waals surface area contributed by atoms with E-state index in [0.29, 0.717) is 0 Å². The van der Waals surface area contributed by atoms with E-state index in [-0.39, 0.29) is 11.9 Å². The Morgan fingerprint density at radius 3 is 2.25 bits per heavy atom. The molecule has 1 aromatic carbocycles. The van der Waals surface area contributed by atoms with Crippen molar-refractivity contribution in [3.8, 4) is 0 Å². The first-order valence-electron chi connectivity index (χ1n) is 6.62. The van der Waals surface area contributed by atoms with Crippen LogP contribution in [0.25, 0.3) is 0 Å². The second-order valence-electron chi connectivity index (χ2n) is 4.93. The van der Waals surface area contributed by atoms with Crippen LogP contribution in [0.4, 0.5) is 11.4 Å². The Morgan fingerprint density at radius 2 is 1.70 bits per heavy atom. The van der Waals surface area contributed by atoms with Gasteiger partial charge in [0.1, 0.15) is 0 Å². The number of para-hydroxylation sites is 1. The molecule has 0 unspecified atom stereocenters. The molecule has 4 heteroatoms. The molecule has 0 aliphatic carbocycles. The number of nitrogens with zero attached hydrogens (tertiary/aromatic N) is 2. The number of carbonyl (C=O) groups excluding carboxylic acids is 1. The van der Waals surface area contributed by atoms with Crippen molar-refractivity contribution in [2.75, 3.05) is 24.3 Å². The van der Waals surface area contributed by atoms with Gasteiger partial charge in [0.15, 0.2) is 12.4 Å². The van der Waals surface area contributed by atoms with E-state index in [2.05, 4.69) is 5.32 Å². The van der Waals surface area contributed by atoms with Gasteiger partial charge >= 0.3 is 0 Å². The lowest BCUT2D eigenvalue weighted by molar-refractivity contribution is -0.705. The summed E-state index contributed by atoms with van der Waals surface area (Å²) in [6, 6.07) is 13.2. The van der Waals surface area contributed by atoms with Crippen LogP contribution in [0.3, 0.4) is 0 Å². The summed E-state index contributed by atoms with van der Waals surface area (Å²) >= 11 is 0. The lowest BCUT2D eigenvalue weighted by atomic mass is 10.2. The molecule has 1 aromatic heterocycles. The van der Waals surface area contributed by atoms with Gasteiger partial charge in [-0.2, -0.15) is 4.57 Å². The van der Waals surface area contributed by atoms with Gasteiger partial charge in [0.25, 0.3) is 5.91 Å². The molecule has 20 heavy (non-hydrogen) atoms. The van der Waals surface area contributed by atoms with E-state index < -0.39 is 0 Å².